The summed E-state index contributed by atoms with van der Waals surface area (Å²) in [5.41, 5.74) is 4.15. The summed E-state index contributed by atoms with van der Waals surface area (Å²) in [7, 11) is 3.11. The molecular formula is C33H35N3O6. The molecule has 42 heavy (non-hydrogen) atoms. The van der Waals surface area contributed by atoms with E-state index in [1.165, 1.54) is 18.7 Å². The number of aromatic nitrogens is 2. The third-order valence-electron chi connectivity index (χ3n) is 6.90. The number of nitrogens with zero attached hydrogens (tertiary/aromatic N) is 3. The number of carboxylic acid groups (broad SMARTS) is 1. The predicted molar refractivity (Wildman–Crippen MR) is 164 cm³/mol. The van der Waals surface area contributed by atoms with Gasteiger partial charge in [-0.05, 0) is 79.3 Å². The number of fused-ring (bicyclic) bond motifs is 1. The van der Waals surface area contributed by atoms with Crippen LogP contribution in [0.5, 0.6) is 17.2 Å². The van der Waals surface area contributed by atoms with Gasteiger partial charge in [-0.25, -0.2) is 9.78 Å². The molecule has 0 aliphatic carbocycles. The van der Waals surface area contributed by atoms with Crippen molar-refractivity contribution in [3.63, 3.8) is 0 Å². The maximum absolute atomic E-state index is 13.8. The fourth-order valence-corrected chi connectivity index (χ4v) is 4.67. The molecule has 0 aliphatic rings. The average molecular weight is 570 g/mol. The highest BCUT2D eigenvalue weighted by Crippen LogP contribution is 2.35. The SMILES string of the molecule is C=CCc1cc(C=Nn2c(-c3cc(C(C)C)c(OC)cc3C)nc3ccccc3c2=O)cc(OC)c1O[C@H](C)C(=O)O. The van der Waals surface area contributed by atoms with E-state index in [2.05, 4.69) is 25.5 Å². The lowest BCUT2D eigenvalue weighted by molar-refractivity contribution is -0.144. The van der Waals surface area contributed by atoms with Gasteiger partial charge in [-0.15, -0.1) is 6.58 Å². The van der Waals surface area contributed by atoms with Gasteiger partial charge in [-0.3, -0.25) is 4.79 Å². The second kappa shape index (κ2) is 12.7. The highest BCUT2D eigenvalue weighted by molar-refractivity contribution is 5.84. The zero-order valence-corrected chi connectivity index (χ0v) is 24.7. The van der Waals surface area contributed by atoms with Gasteiger partial charge in [0, 0.05) is 11.1 Å². The first-order chi connectivity index (χ1) is 20.1. The molecule has 1 N–H and O–H groups in total. The molecular weight excluding hydrogens is 534 g/mol. The Balaban J connectivity index is 1.93. The predicted octanol–water partition coefficient (Wildman–Crippen LogP) is 5.98. The van der Waals surface area contributed by atoms with Gasteiger partial charge in [0.2, 0.25) is 0 Å². The van der Waals surface area contributed by atoms with Crippen molar-refractivity contribution in [2.24, 2.45) is 5.10 Å². The molecule has 218 valence electrons. The first-order valence-electron chi connectivity index (χ1n) is 13.6. The summed E-state index contributed by atoms with van der Waals surface area (Å²) < 4.78 is 18.2. The van der Waals surface area contributed by atoms with Crippen LogP contribution >= 0.6 is 0 Å². The maximum atomic E-state index is 13.8. The molecule has 9 heteroatoms. The van der Waals surface area contributed by atoms with Crippen molar-refractivity contribution < 1.29 is 24.1 Å². The van der Waals surface area contributed by atoms with Crippen molar-refractivity contribution >= 4 is 23.1 Å². The fraction of sp³-hybridized carbons (Fsp3) is 0.273. The number of aliphatic carboxylic acids is 1. The van der Waals surface area contributed by atoms with E-state index in [9.17, 15) is 14.7 Å². The van der Waals surface area contributed by atoms with Crippen molar-refractivity contribution in [2.45, 2.75) is 46.1 Å². The van der Waals surface area contributed by atoms with E-state index in [1.807, 2.05) is 25.1 Å². The molecule has 0 spiro atoms. The summed E-state index contributed by atoms with van der Waals surface area (Å²) in [4.78, 5) is 30.1. The smallest absolute Gasteiger partial charge is 0.344 e. The zero-order chi connectivity index (χ0) is 30.6. The molecule has 0 aliphatic heterocycles. The van der Waals surface area contributed by atoms with Crippen LogP contribution < -0.4 is 19.8 Å². The molecule has 1 atom stereocenters. The van der Waals surface area contributed by atoms with Gasteiger partial charge in [-0.2, -0.15) is 9.78 Å². The van der Waals surface area contributed by atoms with E-state index in [1.54, 1.807) is 49.7 Å². The Morgan fingerprint density at radius 3 is 2.45 bits per heavy atom. The molecule has 0 unspecified atom stereocenters. The number of benzene rings is 3. The van der Waals surface area contributed by atoms with Crippen molar-refractivity contribution in [3.8, 4) is 28.6 Å². The van der Waals surface area contributed by atoms with Crippen LogP contribution in [-0.2, 0) is 11.2 Å². The zero-order valence-electron chi connectivity index (χ0n) is 24.7. The van der Waals surface area contributed by atoms with Gasteiger partial charge in [0.1, 0.15) is 5.75 Å². The standard InChI is InChI=1S/C33H35N3O6/c1-8-11-23-15-22(16-29(41-7)30(23)42-21(5)33(38)39)18-34-36-31(35-27-13-10-9-12-24(27)32(36)37)26-17-25(19(2)3)28(40-6)14-20(26)4/h8-10,12-19,21H,1,11H2,2-7H3,(H,38,39)/t21-/m1/s1. The first kappa shape index (κ1) is 30.0. The number of para-hydroxylation sites is 1. The normalized spacial score (nSPS) is 12.1. The van der Waals surface area contributed by atoms with Crippen molar-refractivity contribution in [1.29, 1.82) is 0 Å². The van der Waals surface area contributed by atoms with Crippen LogP contribution in [0, 0.1) is 6.92 Å². The third-order valence-corrected chi connectivity index (χ3v) is 6.90. The summed E-state index contributed by atoms with van der Waals surface area (Å²) in [6.07, 6.45) is 2.53. The molecule has 0 saturated heterocycles. The Labute approximate surface area is 244 Å². The summed E-state index contributed by atoms with van der Waals surface area (Å²) in [6, 6.07) is 14.6. The van der Waals surface area contributed by atoms with Crippen LogP contribution in [0.3, 0.4) is 0 Å². The van der Waals surface area contributed by atoms with Crippen LogP contribution in [0.1, 0.15) is 48.9 Å². The number of hydrogen-bond acceptors (Lipinski definition) is 7. The highest BCUT2D eigenvalue weighted by atomic mass is 16.5. The average Bonchev–Trinajstić information content (AvgIpc) is 2.97. The Morgan fingerprint density at radius 2 is 1.81 bits per heavy atom. The fourth-order valence-electron chi connectivity index (χ4n) is 4.67. The third kappa shape index (κ3) is 6.05. The number of carboxylic acids is 1. The monoisotopic (exact) mass is 569 g/mol. The van der Waals surface area contributed by atoms with Crippen LogP contribution in [0.15, 0.2) is 71.1 Å². The molecule has 0 bridgehead atoms. The Bertz CT molecular complexity index is 1740. The molecule has 1 aromatic heterocycles. The van der Waals surface area contributed by atoms with Crippen LogP contribution in [-0.4, -0.2) is 47.3 Å². The molecule has 3 aromatic carbocycles. The molecule has 0 fully saturated rings. The summed E-state index contributed by atoms with van der Waals surface area (Å²) in [6.45, 7) is 11.4. The molecule has 1 heterocycles. The number of hydrogen-bond donors (Lipinski definition) is 1. The minimum Gasteiger partial charge on any atom is -0.496 e. The van der Waals surface area contributed by atoms with E-state index in [0.717, 1.165) is 22.4 Å². The molecule has 4 aromatic rings. The van der Waals surface area contributed by atoms with Crippen molar-refractivity contribution in [2.75, 3.05) is 14.2 Å². The van der Waals surface area contributed by atoms with E-state index >= 15 is 0 Å². The van der Waals surface area contributed by atoms with Crippen molar-refractivity contribution in [3.05, 3.63) is 93.8 Å². The summed E-state index contributed by atoms with van der Waals surface area (Å²) >= 11 is 0. The van der Waals surface area contributed by atoms with E-state index in [-0.39, 0.29) is 11.5 Å². The topological polar surface area (TPSA) is 112 Å². The first-order valence-corrected chi connectivity index (χ1v) is 13.6. The Kier molecular flexibility index (Phi) is 9.10. The molecule has 0 radical (unpaired) electrons. The lowest BCUT2D eigenvalue weighted by Gasteiger charge is -2.18. The number of carbonyl (C=O) groups is 1. The van der Waals surface area contributed by atoms with E-state index < -0.39 is 12.1 Å². The minimum absolute atomic E-state index is 0.170. The van der Waals surface area contributed by atoms with Crippen LogP contribution in [0.4, 0.5) is 0 Å². The molecule has 4 rings (SSSR count). The molecule has 0 amide bonds. The molecule has 9 nitrogen and oxygen atoms in total. The van der Waals surface area contributed by atoms with Gasteiger partial charge in [-0.1, -0.05) is 32.1 Å². The van der Waals surface area contributed by atoms with Gasteiger partial charge in [0.15, 0.2) is 23.4 Å². The number of aryl methyl sites for hydroxylation is 1. The van der Waals surface area contributed by atoms with Crippen LogP contribution in [0.25, 0.3) is 22.3 Å². The number of rotatable bonds is 11. The van der Waals surface area contributed by atoms with Crippen molar-refractivity contribution in [1.82, 2.24) is 9.66 Å². The minimum atomic E-state index is -1.10. The quantitative estimate of drug-likeness (QED) is 0.175. The Hall–Kier alpha value is -4.92. The highest BCUT2D eigenvalue weighted by Gasteiger charge is 2.21. The Morgan fingerprint density at radius 1 is 1.10 bits per heavy atom. The largest absolute Gasteiger partial charge is 0.496 e. The number of methoxy groups -OCH3 is 2. The van der Waals surface area contributed by atoms with Crippen LogP contribution in [0.2, 0.25) is 0 Å². The van der Waals surface area contributed by atoms with Gasteiger partial charge in [0.05, 0.1) is 31.3 Å². The lowest BCUT2D eigenvalue weighted by Crippen LogP contribution is -2.23. The van der Waals surface area contributed by atoms with Gasteiger partial charge >= 0.3 is 5.97 Å². The lowest BCUT2D eigenvalue weighted by atomic mass is 9.96. The van der Waals surface area contributed by atoms with E-state index in [0.29, 0.717) is 45.8 Å². The maximum Gasteiger partial charge on any atom is 0.344 e. The second-order valence-corrected chi connectivity index (χ2v) is 10.2. The summed E-state index contributed by atoms with van der Waals surface area (Å²) in [5.74, 6) is 0.878. The molecule has 0 saturated carbocycles. The number of ether oxygens (including phenoxy) is 3. The van der Waals surface area contributed by atoms with Gasteiger partial charge < -0.3 is 19.3 Å². The van der Waals surface area contributed by atoms with E-state index in [4.69, 9.17) is 19.2 Å². The van der Waals surface area contributed by atoms with Gasteiger partial charge in [0.25, 0.3) is 5.56 Å². The number of allylic oxidation sites excluding steroid dienone is 1. The second-order valence-electron chi connectivity index (χ2n) is 10.2. The summed E-state index contributed by atoms with van der Waals surface area (Å²) in [5, 5.41) is 14.4.